The number of carboxylic acids is 1. The second-order valence-electron chi connectivity index (χ2n) is 4.20. The van der Waals surface area contributed by atoms with E-state index in [1.807, 2.05) is 23.1 Å². The fraction of sp³-hybridized carbons (Fsp3) is 0.462. The van der Waals surface area contributed by atoms with Gasteiger partial charge in [0.25, 0.3) is 0 Å². The number of carbonyl (C=O) groups is 1. The van der Waals surface area contributed by atoms with Crippen molar-refractivity contribution in [2.75, 3.05) is 26.3 Å². The summed E-state index contributed by atoms with van der Waals surface area (Å²) in [4.78, 5) is 13.0. The average molecular weight is 235 g/mol. The molecule has 1 atom stereocenters. The third-order valence-electron chi connectivity index (χ3n) is 3.05. The Hall–Kier alpha value is -1.39. The van der Waals surface area contributed by atoms with E-state index in [9.17, 15) is 4.79 Å². The summed E-state index contributed by atoms with van der Waals surface area (Å²) >= 11 is 0. The lowest BCUT2D eigenvalue weighted by Crippen LogP contribution is -2.50. The molecule has 4 heteroatoms. The van der Waals surface area contributed by atoms with Crippen molar-refractivity contribution in [1.82, 2.24) is 4.90 Å². The Labute approximate surface area is 101 Å². The zero-order valence-corrected chi connectivity index (χ0v) is 9.71. The minimum absolute atomic E-state index is 0.296. The van der Waals surface area contributed by atoms with Crippen LogP contribution in [0.25, 0.3) is 0 Å². The van der Waals surface area contributed by atoms with E-state index >= 15 is 0 Å². The third kappa shape index (κ3) is 3.28. The van der Waals surface area contributed by atoms with Crippen molar-refractivity contribution in [3.63, 3.8) is 0 Å². The lowest BCUT2D eigenvalue weighted by molar-refractivity contribution is -0.149. The molecule has 4 nitrogen and oxygen atoms in total. The number of benzene rings is 1. The van der Waals surface area contributed by atoms with Crippen molar-refractivity contribution in [2.24, 2.45) is 0 Å². The van der Waals surface area contributed by atoms with Crippen LogP contribution in [0.1, 0.15) is 5.56 Å². The van der Waals surface area contributed by atoms with Crippen LogP contribution in [0.15, 0.2) is 30.3 Å². The summed E-state index contributed by atoms with van der Waals surface area (Å²) < 4.78 is 5.20. The molecule has 1 unspecified atom stereocenters. The molecule has 1 fully saturated rings. The van der Waals surface area contributed by atoms with E-state index in [-0.39, 0.29) is 0 Å². The van der Waals surface area contributed by atoms with E-state index < -0.39 is 12.0 Å². The monoisotopic (exact) mass is 235 g/mol. The molecule has 0 bridgehead atoms. The molecular weight excluding hydrogens is 218 g/mol. The van der Waals surface area contributed by atoms with Gasteiger partial charge in [-0.05, 0) is 12.0 Å². The highest BCUT2D eigenvalue weighted by molar-refractivity contribution is 5.73. The summed E-state index contributed by atoms with van der Waals surface area (Å²) in [6.45, 7) is 2.39. The molecule has 2 rings (SSSR count). The first kappa shape index (κ1) is 12.1. The summed E-state index contributed by atoms with van der Waals surface area (Å²) in [5.74, 6) is -0.794. The van der Waals surface area contributed by atoms with Crippen molar-refractivity contribution in [2.45, 2.75) is 12.5 Å². The van der Waals surface area contributed by atoms with Crippen molar-refractivity contribution in [3.8, 4) is 0 Å². The van der Waals surface area contributed by atoms with E-state index in [1.165, 1.54) is 5.56 Å². The van der Waals surface area contributed by atoms with Crippen LogP contribution < -0.4 is 0 Å². The summed E-state index contributed by atoms with van der Waals surface area (Å²) in [5.41, 5.74) is 1.24. The van der Waals surface area contributed by atoms with Gasteiger partial charge in [-0.25, -0.2) is 0 Å². The fourth-order valence-electron chi connectivity index (χ4n) is 2.05. The van der Waals surface area contributed by atoms with E-state index in [4.69, 9.17) is 9.84 Å². The van der Waals surface area contributed by atoms with Gasteiger partial charge in [0.05, 0.1) is 13.2 Å². The predicted molar refractivity (Wildman–Crippen MR) is 64.0 cm³/mol. The second kappa shape index (κ2) is 5.80. The Kier molecular flexibility index (Phi) is 4.12. The first-order valence-corrected chi connectivity index (χ1v) is 5.86. The van der Waals surface area contributed by atoms with Gasteiger partial charge >= 0.3 is 5.97 Å². The molecule has 1 aromatic rings. The number of hydrogen-bond acceptors (Lipinski definition) is 3. The maximum Gasteiger partial charge on any atom is 0.323 e. The summed E-state index contributed by atoms with van der Waals surface area (Å²) in [7, 11) is 0. The first-order valence-electron chi connectivity index (χ1n) is 5.86. The van der Waals surface area contributed by atoms with Gasteiger partial charge in [-0.1, -0.05) is 30.3 Å². The second-order valence-corrected chi connectivity index (χ2v) is 4.20. The van der Waals surface area contributed by atoms with Gasteiger partial charge in [0, 0.05) is 13.1 Å². The number of rotatable bonds is 4. The molecule has 1 heterocycles. The zero-order valence-electron chi connectivity index (χ0n) is 9.71. The van der Waals surface area contributed by atoms with Crippen LogP contribution in [0.5, 0.6) is 0 Å². The predicted octanol–water partition coefficient (Wildman–Crippen LogP) is 1.01. The minimum Gasteiger partial charge on any atom is -0.480 e. The standard InChI is InChI=1S/C13H17NO3/c15-13(16)12-10-17-9-8-14(12)7-6-11-4-2-1-3-5-11/h1-5,12H,6-10H2,(H,15,16). The van der Waals surface area contributed by atoms with Crippen molar-refractivity contribution >= 4 is 5.97 Å². The van der Waals surface area contributed by atoms with E-state index in [0.29, 0.717) is 19.8 Å². The molecule has 1 aliphatic heterocycles. The molecule has 1 saturated heterocycles. The average Bonchev–Trinajstić information content (AvgIpc) is 2.38. The Balaban J connectivity index is 1.90. The van der Waals surface area contributed by atoms with Gasteiger partial charge in [-0.3, -0.25) is 9.69 Å². The molecule has 0 radical (unpaired) electrons. The number of ether oxygens (including phenoxy) is 1. The maximum atomic E-state index is 11.1. The molecule has 1 aromatic carbocycles. The van der Waals surface area contributed by atoms with E-state index in [1.54, 1.807) is 0 Å². The Morgan fingerprint density at radius 3 is 2.88 bits per heavy atom. The van der Waals surface area contributed by atoms with Crippen molar-refractivity contribution < 1.29 is 14.6 Å². The lowest BCUT2D eigenvalue weighted by Gasteiger charge is -2.32. The SMILES string of the molecule is O=C(O)C1COCCN1CCc1ccccc1. The summed E-state index contributed by atoms with van der Waals surface area (Å²) in [5, 5.41) is 9.08. The maximum absolute atomic E-state index is 11.1. The normalized spacial score (nSPS) is 21.3. The third-order valence-corrected chi connectivity index (χ3v) is 3.05. The highest BCUT2D eigenvalue weighted by Gasteiger charge is 2.28. The number of aliphatic carboxylic acids is 1. The van der Waals surface area contributed by atoms with E-state index in [2.05, 4.69) is 12.1 Å². The number of morpholine rings is 1. The lowest BCUT2D eigenvalue weighted by atomic mass is 10.1. The fourth-order valence-corrected chi connectivity index (χ4v) is 2.05. The first-order chi connectivity index (χ1) is 8.27. The molecule has 0 amide bonds. The largest absolute Gasteiger partial charge is 0.480 e. The Morgan fingerprint density at radius 2 is 2.18 bits per heavy atom. The van der Waals surface area contributed by atoms with Gasteiger partial charge in [-0.2, -0.15) is 0 Å². The molecule has 0 aliphatic carbocycles. The minimum atomic E-state index is -0.794. The van der Waals surface area contributed by atoms with Gasteiger partial charge in [0.15, 0.2) is 0 Å². The highest BCUT2D eigenvalue weighted by atomic mass is 16.5. The van der Waals surface area contributed by atoms with Crippen LogP contribution in [-0.4, -0.2) is 48.3 Å². The molecule has 0 spiro atoms. The van der Waals surface area contributed by atoms with Crippen molar-refractivity contribution in [1.29, 1.82) is 0 Å². The molecular formula is C13H17NO3. The van der Waals surface area contributed by atoms with Gasteiger partial charge in [-0.15, -0.1) is 0 Å². The number of nitrogens with zero attached hydrogens (tertiary/aromatic N) is 1. The van der Waals surface area contributed by atoms with E-state index in [0.717, 1.165) is 13.0 Å². The van der Waals surface area contributed by atoms with Crippen molar-refractivity contribution in [3.05, 3.63) is 35.9 Å². The van der Waals surface area contributed by atoms with Gasteiger partial charge < -0.3 is 9.84 Å². The molecule has 0 saturated carbocycles. The topological polar surface area (TPSA) is 49.8 Å². The van der Waals surface area contributed by atoms with Crippen LogP contribution in [-0.2, 0) is 16.0 Å². The molecule has 0 aromatic heterocycles. The Morgan fingerprint density at radius 1 is 1.41 bits per heavy atom. The van der Waals surface area contributed by atoms with Gasteiger partial charge in [0.1, 0.15) is 6.04 Å². The molecule has 1 N–H and O–H groups in total. The zero-order chi connectivity index (χ0) is 12.1. The van der Waals surface area contributed by atoms with Crippen LogP contribution in [0, 0.1) is 0 Å². The summed E-state index contributed by atoms with van der Waals surface area (Å²) in [6, 6.07) is 9.63. The van der Waals surface area contributed by atoms with Gasteiger partial charge in [0.2, 0.25) is 0 Å². The van der Waals surface area contributed by atoms with Crippen LogP contribution in [0.2, 0.25) is 0 Å². The highest BCUT2D eigenvalue weighted by Crippen LogP contribution is 2.09. The van der Waals surface area contributed by atoms with Crippen LogP contribution in [0.3, 0.4) is 0 Å². The number of hydrogen-bond donors (Lipinski definition) is 1. The van der Waals surface area contributed by atoms with Crippen LogP contribution >= 0.6 is 0 Å². The Bertz CT molecular complexity index is 366. The molecule has 17 heavy (non-hydrogen) atoms. The summed E-state index contributed by atoms with van der Waals surface area (Å²) in [6.07, 6.45) is 0.880. The quantitative estimate of drug-likeness (QED) is 0.846. The molecule has 1 aliphatic rings. The number of carboxylic acid groups (broad SMARTS) is 1. The molecule has 92 valence electrons. The van der Waals surface area contributed by atoms with Crippen LogP contribution in [0.4, 0.5) is 0 Å². The smallest absolute Gasteiger partial charge is 0.323 e.